The number of rotatable bonds is 6. The maximum atomic E-state index is 11.5. The van der Waals surface area contributed by atoms with Crippen LogP contribution in [0.15, 0.2) is 121 Å². The van der Waals surface area contributed by atoms with E-state index in [0.717, 1.165) is 11.1 Å². The Labute approximate surface area is 183 Å². The molecule has 0 bridgehead atoms. The van der Waals surface area contributed by atoms with E-state index in [1.54, 1.807) is 6.08 Å². The second-order valence-electron chi connectivity index (χ2n) is 7.33. The van der Waals surface area contributed by atoms with Crippen molar-refractivity contribution in [2.75, 3.05) is 7.11 Å². The number of carbonyl (C=O) groups is 1. The van der Waals surface area contributed by atoms with E-state index in [1.807, 2.05) is 30.3 Å². The number of carbonyl (C=O) groups excluding carboxylic acids is 1. The number of ether oxygens (including phenoxy) is 1. The minimum absolute atomic E-state index is 0.365. The van der Waals surface area contributed by atoms with E-state index < -0.39 is 5.41 Å². The van der Waals surface area contributed by atoms with Crippen LogP contribution in [0, 0.1) is 0 Å². The Morgan fingerprint density at radius 3 is 1.39 bits per heavy atom. The molecule has 0 saturated heterocycles. The summed E-state index contributed by atoms with van der Waals surface area (Å²) in [6.07, 6.45) is 3.21. The number of esters is 1. The molecule has 0 spiro atoms. The summed E-state index contributed by atoms with van der Waals surface area (Å²) < 4.78 is 4.70. The molecule has 0 amide bonds. The van der Waals surface area contributed by atoms with E-state index in [0.29, 0.717) is 0 Å². The first-order chi connectivity index (χ1) is 15.2. The second kappa shape index (κ2) is 9.27. The Kier molecular flexibility index (Phi) is 6.09. The Morgan fingerprint density at radius 2 is 1.00 bits per heavy atom. The van der Waals surface area contributed by atoms with Crippen LogP contribution < -0.4 is 0 Å². The fraction of sp³-hybridized carbons (Fsp3) is 0.0690. The minimum atomic E-state index is -0.464. The lowest BCUT2D eigenvalue weighted by atomic mass is 9.65. The molecule has 0 aliphatic heterocycles. The highest BCUT2D eigenvalue weighted by atomic mass is 16.5. The van der Waals surface area contributed by atoms with Gasteiger partial charge in [0, 0.05) is 6.08 Å². The van der Waals surface area contributed by atoms with E-state index in [4.69, 9.17) is 4.74 Å². The Bertz CT molecular complexity index is 1050. The molecule has 2 nitrogen and oxygen atoms in total. The van der Waals surface area contributed by atoms with E-state index in [9.17, 15) is 4.79 Å². The predicted octanol–water partition coefficient (Wildman–Crippen LogP) is 6.26. The SMILES string of the molecule is COC(=O)/C=C/c1ccc(C(c2ccccc2)(c2ccccc2)c2ccccc2)cc1. The van der Waals surface area contributed by atoms with Gasteiger partial charge >= 0.3 is 5.97 Å². The topological polar surface area (TPSA) is 26.3 Å². The summed E-state index contributed by atoms with van der Waals surface area (Å²) in [6.45, 7) is 0. The first-order valence-electron chi connectivity index (χ1n) is 10.3. The lowest BCUT2D eigenvalue weighted by Crippen LogP contribution is -2.30. The number of methoxy groups -OCH3 is 1. The number of hydrogen-bond acceptors (Lipinski definition) is 2. The highest BCUT2D eigenvalue weighted by Gasteiger charge is 2.37. The Hall–Kier alpha value is -3.91. The van der Waals surface area contributed by atoms with Gasteiger partial charge in [0.15, 0.2) is 0 Å². The zero-order valence-electron chi connectivity index (χ0n) is 17.4. The van der Waals surface area contributed by atoms with E-state index in [2.05, 4.69) is 84.9 Å². The van der Waals surface area contributed by atoms with Crippen molar-refractivity contribution >= 4 is 12.0 Å². The van der Waals surface area contributed by atoms with E-state index in [-0.39, 0.29) is 5.97 Å². The minimum Gasteiger partial charge on any atom is -0.466 e. The van der Waals surface area contributed by atoms with Crippen molar-refractivity contribution in [1.82, 2.24) is 0 Å². The van der Waals surface area contributed by atoms with Crippen molar-refractivity contribution in [2.45, 2.75) is 5.41 Å². The predicted molar refractivity (Wildman–Crippen MR) is 126 cm³/mol. The van der Waals surface area contributed by atoms with Gasteiger partial charge in [-0.3, -0.25) is 0 Å². The normalized spacial score (nSPS) is 11.4. The van der Waals surface area contributed by atoms with Crippen LogP contribution in [0.2, 0.25) is 0 Å². The molecule has 0 N–H and O–H groups in total. The quantitative estimate of drug-likeness (QED) is 0.215. The summed E-state index contributed by atoms with van der Waals surface area (Å²) in [6, 6.07) is 40.1. The van der Waals surface area contributed by atoms with E-state index >= 15 is 0 Å². The summed E-state index contributed by atoms with van der Waals surface area (Å²) in [7, 11) is 1.38. The molecule has 31 heavy (non-hydrogen) atoms. The molecule has 0 heterocycles. The van der Waals surface area contributed by atoms with Crippen LogP contribution in [0.5, 0.6) is 0 Å². The average molecular weight is 405 g/mol. The summed E-state index contributed by atoms with van der Waals surface area (Å²) in [5.41, 5.74) is 5.23. The van der Waals surface area contributed by atoms with Gasteiger partial charge in [-0.2, -0.15) is 0 Å². The summed E-state index contributed by atoms with van der Waals surface area (Å²) in [5.74, 6) is -0.365. The third-order valence-electron chi connectivity index (χ3n) is 5.58. The Morgan fingerprint density at radius 1 is 0.613 bits per heavy atom. The van der Waals surface area contributed by atoms with Crippen LogP contribution in [-0.2, 0) is 14.9 Å². The molecule has 0 aliphatic rings. The Balaban J connectivity index is 1.95. The molecule has 4 rings (SSSR count). The van der Waals surface area contributed by atoms with Gasteiger partial charge in [-0.05, 0) is 33.9 Å². The fourth-order valence-electron chi connectivity index (χ4n) is 4.14. The molecule has 2 heteroatoms. The van der Waals surface area contributed by atoms with E-state index in [1.165, 1.54) is 29.9 Å². The van der Waals surface area contributed by atoms with Crippen molar-refractivity contribution in [3.8, 4) is 0 Å². The monoisotopic (exact) mass is 404 g/mol. The van der Waals surface area contributed by atoms with Crippen LogP contribution in [0.25, 0.3) is 6.08 Å². The molecule has 0 radical (unpaired) electrons. The van der Waals surface area contributed by atoms with Crippen molar-refractivity contribution in [1.29, 1.82) is 0 Å². The molecule has 152 valence electrons. The average Bonchev–Trinajstić information content (AvgIpc) is 2.86. The van der Waals surface area contributed by atoms with Crippen LogP contribution in [-0.4, -0.2) is 13.1 Å². The highest BCUT2D eigenvalue weighted by Crippen LogP contribution is 2.44. The zero-order chi connectivity index (χ0) is 21.5. The summed E-state index contributed by atoms with van der Waals surface area (Å²) >= 11 is 0. The van der Waals surface area contributed by atoms with Gasteiger partial charge in [0.1, 0.15) is 0 Å². The third kappa shape index (κ3) is 4.06. The zero-order valence-corrected chi connectivity index (χ0v) is 17.4. The third-order valence-corrected chi connectivity index (χ3v) is 5.58. The van der Waals surface area contributed by atoms with Crippen molar-refractivity contribution < 1.29 is 9.53 Å². The largest absolute Gasteiger partial charge is 0.466 e. The van der Waals surface area contributed by atoms with Gasteiger partial charge in [0.05, 0.1) is 12.5 Å². The smallest absolute Gasteiger partial charge is 0.330 e. The van der Waals surface area contributed by atoms with Crippen molar-refractivity contribution in [3.05, 3.63) is 149 Å². The highest BCUT2D eigenvalue weighted by molar-refractivity contribution is 5.86. The van der Waals surface area contributed by atoms with Crippen LogP contribution in [0.1, 0.15) is 27.8 Å². The molecule has 4 aromatic rings. The standard InChI is InChI=1S/C29H24O2/c1-31-28(30)22-19-23-17-20-27(21-18-23)29(24-11-5-2-6-12-24,25-13-7-3-8-14-25)26-15-9-4-10-16-26/h2-22H,1H3/b22-19+. The molecule has 0 saturated carbocycles. The fourth-order valence-corrected chi connectivity index (χ4v) is 4.14. The van der Waals surface area contributed by atoms with Crippen molar-refractivity contribution in [2.24, 2.45) is 0 Å². The first-order valence-corrected chi connectivity index (χ1v) is 10.3. The summed E-state index contributed by atoms with van der Waals surface area (Å²) in [5, 5.41) is 0. The molecule has 0 aromatic heterocycles. The van der Waals surface area contributed by atoms with Crippen LogP contribution in [0.3, 0.4) is 0 Å². The molecular formula is C29H24O2. The lowest BCUT2D eigenvalue weighted by molar-refractivity contribution is -0.134. The van der Waals surface area contributed by atoms with Gasteiger partial charge in [0.25, 0.3) is 0 Å². The number of benzene rings is 4. The number of hydrogen-bond donors (Lipinski definition) is 0. The lowest BCUT2D eigenvalue weighted by Gasteiger charge is -2.36. The van der Waals surface area contributed by atoms with Gasteiger partial charge in [-0.15, -0.1) is 0 Å². The van der Waals surface area contributed by atoms with Crippen LogP contribution >= 0.6 is 0 Å². The molecule has 4 aromatic carbocycles. The van der Waals surface area contributed by atoms with Crippen molar-refractivity contribution in [3.63, 3.8) is 0 Å². The molecule has 0 aliphatic carbocycles. The first kappa shape index (κ1) is 20.4. The molecule has 0 atom stereocenters. The maximum Gasteiger partial charge on any atom is 0.330 e. The van der Waals surface area contributed by atoms with Gasteiger partial charge in [-0.25, -0.2) is 4.79 Å². The molecule has 0 fully saturated rings. The van der Waals surface area contributed by atoms with Gasteiger partial charge < -0.3 is 4.74 Å². The molecular weight excluding hydrogens is 380 g/mol. The van der Waals surface area contributed by atoms with Gasteiger partial charge in [-0.1, -0.05) is 115 Å². The summed E-state index contributed by atoms with van der Waals surface area (Å²) in [4.78, 5) is 11.5. The molecule has 0 unspecified atom stereocenters. The van der Waals surface area contributed by atoms with Crippen LogP contribution in [0.4, 0.5) is 0 Å². The van der Waals surface area contributed by atoms with Gasteiger partial charge in [0.2, 0.25) is 0 Å². The second-order valence-corrected chi connectivity index (χ2v) is 7.33. The maximum absolute atomic E-state index is 11.5.